The summed E-state index contributed by atoms with van der Waals surface area (Å²) in [4.78, 5) is 21.1. The van der Waals surface area contributed by atoms with E-state index >= 15 is 0 Å². The van der Waals surface area contributed by atoms with Crippen molar-refractivity contribution in [1.29, 1.82) is 0 Å². The number of hydrogen-bond acceptors (Lipinski definition) is 5. The average Bonchev–Trinajstić information content (AvgIpc) is 2.34. The van der Waals surface area contributed by atoms with Gasteiger partial charge in [0.05, 0.1) is 16.2 Å². The van der Waals surface area contributed by atoms with Crippen LogP contribution in [-0.4, -0.2) is 38.3 Å². The van der Waals surface area contributed by atoms with Gasteiger partial charge < -0.3 is 10.4 Å². The average molecular weight is 286 g/mol. The molecule has 0 amide bonds. The Balaban J connectivity index is 3.01. The van der Waals surface area contributed by atoms with Crippen molar-refractivity contribution in [3.8, 4) is 0 Å². The molecule has 8 heteroatoms. The molecular formula is C11H14N2O5S. The lowest BCUT2D eigenvalue weighted by molar-refractivity contribution is -0.384. The molecule has 1 aromatic carbocycles. The van der Waals surface area contributed by atoms with E-state index in [0.717, 1.165) is 12.1 Å². The van der Waals surface area contributed by atoms with E-state index in [-0.39, 0.29) is 28.7 Å². The summed E-state index contributed by atoms with van der Waals surface area (Å²) < 4.78 is 11.2. The minimum absolute atomic E-state index is 0.0558. The monoisotopic (exact) mass is 286 g/mol. The number of aromatic carboxylic acids is 1. The number of benzene rings is 1. The number of carboxylic acids is 1. The van der Waals surface area contributed by atoms with Crippen molar-refractivity contribution in [2.24, 2.45) is 0 Å². The number of nitro groups is 1. The van der Waals surface area contributed by atoms with Gasteiger partial charge >= 0.3 is 5.97 Å². The number of nitro benzene ring substituents is 1. The topological polar surface area (TPSA) is 110 Å². The normalized spacial score (nSPS) is 13.6. The Morgan fingerprint density at radius 2 is 2.21 bits per heavy atom. The van der Waals surface area contributed by atoms with Crippen LogP contribution >= 0.6 is 0 Å². The Hall–Kier alpha value is -1.96. The highest BCUT2D eigenvalue weighted by Gasteiger charge is 2.16. The van der Waals surface area contributed by atoms with Crippen molar-refractivity contribution in [2.45, 2.75) is 12.2 Å². The van der Waals surface area contributed by atoms with Gasteiger partial charge in [-0.3, -0.25) is 14.3 Å². The van der Waals surface area contributed by atoms with E-state index in [9.17, 15) is 19.1 Å². The number of nitrogens with one attached hydrogen (secondary N) is 1. The van der Waals surface area contributed by atoms with Crippen LogP contribution in [-0.2, 0) is 10.8 Å². The Labute approximate surface area is 112 Å². The van der Waals surface area contributed by atoms with Gasteiger partial charge in [0, 0.05) is 41.0 Å². The van der Waals surface area contributed by atoms with Crippen molar-refractivity contribution in [3.05, 3.63) is 33.9 Å². The van der Waals surface area contributed by atoms with Crippen LogP contribution in [0, 0.1) is 10.1 Å². The lowest BCUT2D eigenvalue weighted by atomic mass is 10.1. The predicted octanol–water partition coefficient (Wildman–Crippen LogP) is 1.47. The minimum atomic E-state index is -1.18. The van der Waals surface area contributed by atoms with Gasteiger partial charge in [-0.15, -0.1) is 0 Å². The molecule has 2 N–H and O–H groups in total. The van der Waals surface area contributed by atoms with E-state index in [2.05, 4.69) is 5.32 Å². The third-order valence-corrected chi connectivity index (χ3v) is 3.89. The third kappa shape index (κ3) is 4.02. The maximum absolute atomic E-state index is 11.2. The first kappa shape index (κ1) is 15.1. The zero-order valence-electron chi connectivity index (χ0n) is 10.5. The highest BCUT2D eigenvalue weighted by atomic mass is 32.2. The summed E-state index contributed by atoms with van der Waals surface area (Å²) in [7, 11) is -1.06. The molecule has 0 radical (unpaired) electrons. The molecule has 19 heavy (non-hydrogen) atoms. The summed E-state index contributed by atoms with van der Waals surface area (Å²) in [6.45, 7) is 2.01. The van der Waals surface area contributed by atoms with Gasteiger partial charge in [-0.2, -0.15) is 0 Å². The maximum Gasteiger partial charge on any atom is 0.337 e. The molecule has 1 rings (SSSR count). The minimum Gasteiger partial charge on any atom is -0.478 e. The molecule has 2 unspecified atom stereocenters. The molecule has 0 aliphatic carbocycles. The van der Waals surface area contributed by atoms with Gasteiger partial charge in [0.1, 0.15) is 0 Å². The Kier molecular flexibility index (Phi) is 4.99. The van der Waals surface area contributed by atoms with Gasteiger partial charge in [0.2, 0.25) is 0 Å². The van der Waals surface area contributed by atoms with E-state index in [1.165, 1.54) is 12.3 Å². The van der Waals surface area contributed by atoms with Crippen LogP contribution in [0.25, 0.3) is 0 Å². The smallest absolute Gasteiger partial charge is 0.337 e. The Bertz CT molecular complexity index is 532. The highest BCUT2D eigenvalue weighted by molar-refractivity contribution is 7.84. The molecule has 0 aromatic heterocycles. The maximum atomic E-state index is 11.2. The number of hydrogen-bond donors (Lipinski definition) is 2. The van der Waals surface area contributed by atoms with Gasteiger partial charge in [0.25, 0.3) is 5.69 Å². The van der Waals surface area contributed by atoms with Crippen LogP contribution in [0.3, 0.4) is 0 Å². The molecule has 0 aliphatic rings. The lowest BCUT2D eigenvalue weighted by Crippen LogP contribution is -2.21. The number of carbonyl (C=O) groups is 1. The number of non-ortho nitro benzene ring substituents is 1. The van der Waals surface area contributed by atoms with Crippen molar-refractivity contribution in [1.82, 2.24) is 0 Å². The van der Waals surface area contributed by atoms with Crippen molar-refractivity contribution >= 4 is 28.1 Å². The first-order chi connectivity index (χ1) is 8.82. The summed E-state index contributed by atoms with van der Waals surface area (Å²) in [5.74, 6) is -1.18. The molecule has 1 aromatic rings. The fourth-order valence-electron chi connectivity index (χ4n) is 1.35. The fraction of sp³-hybridized carbons (Fsp3) is 0.364. The first-order valence-corrected chi connectivity index (χ1v) is 7.03. The second-order valence-corrected chi connectivity index (χ2v) is 5.78. The van der Waals surface area contributed by atoms with Crippen LogP contribution < -0.4 is 5.32 Å². The molecule has 2 atom stereocenters. The summed E-state index contributed by atoms with van der Waals surface area (Å²) in [6.07, 6.45) is 1.54. The zero-order valence-corrected chi connectivity index (χ0v) is 11.3. The van der Waals surface area contributed by atoms with Crippen LogP contribution in [0.5, 0.6) is 0 Å². The van der Waals surface area contributed by atoms with Crippen molar-refractivity contribution in [3.63, 3.8) is 0 Å². The molecular weight excluding hydrogens is 272 g/mol. The van der Waals surface area contributed by atoms with Crippen LogP contribution in [0.2, 0.25) is 0 Å². The van der Waals surface area contributed by atoms with E-state index in [4.69, 9.17) is 5.11 Å². The van der Waals surface area contributed by atoms with E-state index in [0.29, 0.717) is 0 Å². The second-order valence-electron chi connectivity index (χ2n) is 3.98. The molecule has 0 saturated carbocycles. The molecule has 0 heterocycles. The SMILES string of the molecule is CC(CNc1cc([N+](=O)[O-])ccc1C(=O)O)S(C)=O. The summed E-state index contributed by atoms with van der Waals surface area (Å²) in [6, 6.07) is 3.47. The van der Waals surface area contributed by atoms with Crippen molar-refractivity contribution in [2.75, 3.05) is 18.1 Å². The number of anilines is 1. The summed E-state index contributed by atoms with van der Waals surface area (Å²) >= 11 is 0. The quantitative estimate of drug-likeness (QED) is 0.605. The molecule has 7 nitrogen and oxygen atoms in total. The van der Waals surface area contributed by atoms with Crippen molar-refractivity contribution < 1.29 is 19.0 Å². The Morgan fingerprint density at radius 1 is 1.58 bits per heavy atom. The summed E-state index contributed by atoms with van der Waals surface area (Å²) in [5.41, 5.74) is -0.101. The fourth-order valence-corrected chi connectivity index (χ4v) is 1.67. The predicted molar refractivity (Wildman–Crippen MR) is 72.1 cm³/mol. The summed E-state index contributed by atoms with van der Waals surface area (Å²) in [5, 5.41) is 22.3. The molecule has 0 bridgehead atoms. The van der Waals surface area contributed by atoms with Crippen LogP contribution in [0.4, 0.5) is 11.4 Å². The second kappa shape index (κ2) is 6.28. The zero-order chi connectivity index (χ0) is 14.6. The standard InChI is InChI=1S/C11H14N2O5S/c1-7(19(2)18)6-12-10-5-8(13(16)17)3-4-9(10)11(14)15/h3-5,7,12H,6H2,1-2H3,(H,14,15). The number of carboxylic acid groups (broad SMARTS) is 1. The largest absolute Gasteiger partial charge is 0.478 e. The highest BCUT2D eigenvalue weighted by Crippen LogP contribution is 2.22. The third-order valence-electron chi connectivity index (χ3n) is 2.59. The molecule has 0 aliphatic heterocycles. The number of rotatable bonds is 6. The van der Waals surface area contributed by atoms with E-state index < -0.39 is 21.7 Å². The molecule has 0 saturated heterocycles. The van der Waals surface area contributed by atoms with Crippen LogP contribution in [0.1, 0.15) is 17.3 Å². The first-order valence-electron chi connectivity index (χ1n) is 5.40. The molecule has 0 spiro atoms. The molecule has 104 valence electrons. The van der Waals surface area contributed by atoms with Gasteiger partial charge in [-0.1, -0.05) is 0 Å². The van der Waals surface area contributed by atoms with Gasteiger partial charge in [-0.05, 0) is 13.0 Å². The van der Waals surface area contributed by atoms with Gasteiger partial charge in [0.15, 0.2) is 0 Å². The van der Waals surface area contributed by atoms with Gasteiger partial charge in [-0.25, -0.2) is 4.79 Å². The van der Waals surface area contributed by atoms with E-state index in [1.54, 1.807) is 6.92 Å². The van der Waals surface area contributed by atoms with E-state index in [1.807, 2.05) is 0 Å². The Morgan fingerprint density at radius 3 is 2.68 bits per heavy atom. The number of nitrogens with zero attached hydrogens (tertiary/aromatic N) is 1. The lowest BCUT2D eigenvalue weighted by Gasteiger charge is -2.12. The molecule has 0 fully saturated rings. The van der Waals surface area contributed by atoms with Crippen LogP contribution in [0.15, 0.2) is 18.2 Å².